The van der Waals surface area contributed by atoms with Gasteiger partial charge in [-0.05, 0) is 25.7 Å². The summed E-state index contributed by atoms with van der Waals surface area (Å²) in [6.07, 6.45) is 7.54. The zero-order chi connectivity index (χ0) is 13.1. The standard InChI is InChI=1S/C14H23NO3/c1-2-3-4-5-6-13(16)15-10-7-8-12(15)11(9-10)14(17)18/h10-12H,2-9H2,1H3,(H,17,18). The highest BCUT2D eigenvalue weighted by molar-refractivity contribution is 5.80. The molecular formula is C14H23NO3. The molecule has 2 saturated heterocycles. The monoisotopic (exact) mass is 253 g/mol. The summed E-state index contributed by atoms with van der Waals surface area (Å²) in [7, 11) is 0. The Morgan fingerprint density at radius 1 is 1.22 bits per heavy atom. The van der Waals surface area contributed by atoms with Gasteiger partial charge in [0.25, 0.3) is 0 Å². The first kappa shape index (κ1) is 13.4. The van der Waals surface area contributed by atoms with Gasteiger partial charge in [-0.25, -0.2) is 0 Å². The van der Waals surface area contributed by atoms with Crippen LogP contribution in [-0.2, 0) is 9.59 Å². The molecule has 0 aromatic carbocycles. The fraction of sp³-hybridized carbons (Fsp3) is 0.857. The van der Waals surface area contributed by atoms with Crippen molar-refractivity contribution in [3.8, 4) is 0 Å². The second kappa shape index (κ2) is 5.72. The maximum atomic E-state index is 12.2. The molecule has 4 nitrogen and oxygen atoms in total. The highest BCUT2D eigenvalue weighted by Crippen LogP contribution is 2.42. The summed E-state index contributed by atoms with van der Waals surface area (Å²) in [4.78, 5) is 25.2. The zero-order valence-electron chi connectivity index (χ0n) is 11.1. The first-order chi connectivity index (χ1) is 8.65. The van der Waals surface area contributed by atoms with E-state index in [1.54, 1.807) is 0 Å². The number of hydrogen-bond donors (Lipinski definition) is 1. The molecule has 3 atom stereocenters. The van der Waals surface area contributed by atoms with Crippen molar-refractivity contribution in [1.29, 1.82) is 0 Å². The Labute approximate surface area is 108 Å². The van der Waals surface area contributed by atoms with Crippen molar-refractivity contribution in [3.05, 3.63) is 0 Å². The lowest BCUT2D eigenvalue weighted by molar-refractivity contribution is -0.143. The van der Waals surface area contributed by atoms with Crippen molar-refractivity contribution in [2.75, 3.05) is 0 Å². The van der Waals surface area contributed by atoms with Crippen LogP contribution >= 0.6 is 0 Å². The Morgan fingerprint density at radius 3 is 2.61 bits per heavy atom. The number of rotatable bonds is 6. The van der Waals surface area contributed by atoms with Crippen molar-refractivity contribution in [2.45, 2.75) is 70.4 Å². The van der Waals surface area contributed by atoms with E-state index >= 15 is 0 Å². The average Bonchev–Trinajstić information content (AvgIpc) is 2.91. The molecule has 2 aliphatic rings. The number of nitrogens with zero attached hydrogens (tertiary/aromatic N) is 1. The highest BCUT2D eigenvalue weighted by atomic mass is 16.4. The number of carboxylic acids is 1. The molecule has 4 heteroatoms. The van der Waals surface area contributed by atoms with Gasteiger partial charge in [0.2, 0.25) is 5.91 Å². The summed E-state index contributed by atoms with van der Waals surface area (Å²) >= 11 is 0. The number of unbranched alkanes of at least 4 members (excludes halogenated alkanes) is 3. The summed E-state index contributed by atoms with van der Waals surface area (Å²) in [5, 5.41) is 9.14. The van der Waals surface area contributed by atoms with Crippen LogP contribution in [0, 0.1) is 5.92 Å². The molecule has 2 fully saturated rings. The summed E-state index contributed by atoms with van der Waals surface area (Å²) in [5.41, 5.74) is 0. The second-order valence-electron chi connectivity index (χ2n) is 5.59. The molecule has 0 aliphatic carbocycles. The van der Waals surface area contributed by atoms with Crippen molar-refractivity contribution in [2.24, 2.45) is 5.92 Å². The molecule has 2 rings (SSSR count). The van der Waals surface area contributed by atoms with Gasteiger partial charge in [0.1, 0.15) is 0 Å². The molecule has 0 spiro atoms. The minimum absolute atomic E-state index is 0.0221. The molecule has 18 heavy (non-hydrogen) atoms. The zero-order valence-corrected chi connectivity index (χ0v) is 11.1. The maximum absolute atomic E-state index is 12.2. The normalized spacial score (nSPS) is 29.8. The molecule has 102 valence electrons. The van der Waals surface area contributed by atoms with Gasteiger partial charge in [-0.1, -0.05) is 26.2 Å². The number of fused-ring (bicyclic) bond motifs is 2. The fourth-order valence-corrected chi connectivity index (χ4v) is 3.47. The van der Waals surface area contributed by atoms with E-state index in [1.165, 1.54) is 12.8 Å². The Bertz CT molecular complexity index is 329. The summed E-state index contributed by atoms with van der Waals surface area (Å²) in [6.45, 7) is 2.15. The number of carboxylic acid groups (broad SMARTS) is 1. The topological polar surface area (TPSA) is 57.6 Å². The van der Waals surface area contributed by atoms with Gasteiger partial charge in [-0.2, -0.15) is 0 Å². The first-order valence-electron chi connectivity index (χ1n) is 7.19. The minimum atomic E-state index is -0.731. The van der Waals surface area contributed by atoms with Crippen LogP contribution in [0.25, 0.3) is 0 Å². The summed E-state index contributed by atoms with van der Waals surface area (Å²) < 4.78 is 0. The number of carbonyl (C=O) groups excluding carboxylic acids is 1. The first-order valence-corrected chi connectivity index (χ1v) is 7.19. The molecule has 0 aromatic heterocycles. The summed E-state index contributed by atoms with van der Waals surface area (Å²) in [5.74, 6) is -0.864. The van der Waals surface area contributed by atoms with Gasteiger partial charge in [-0.15, -0.1) is 0 Å². The quantitative estimate of drug-likeness (QED) is 0.740. The van der Waals surface area contributed by atoms with Crippen LogP contribution in [0.1, 0.15) is 58.3 Å². The lowest BCUT2D eigenvalue weighted by atomic mass is 9.89. The van der Waals surface area contributed by atoms with E-state index in [0.29, 0.717) is 12.8 Å². The molecule has 1 amide bonds. The molecular weight excluding hydrogens is 230 g/mol. The predicted molar refractivity (Wildman–Crippen MR) is 68.2 cm³/mol. The van der Waals surface area contributed by atoms with Crippen LogP contribution in [-0.4, -0.2) is 34.0 Å². The fourth-order valence-electron chi connectivity index (χ4n) is 3.47. The van der Waals surface area contributed by atoms with Crippen molar-refractivity contribution in [1.82, 2.24) is 4.90 Å². The third kappa shape index (κ3) is 2.52. The molecule has 0 saturated carbocycles. The molecule has 1 N–H and O–H groups in total. The van der Waals surface area contributed by atoms with E-state index in [-0.39, 0.29) is 23.9 Å². The summed E-state index contributed by atoms with van der Waals surface area (Å²) in [6, 6.07) is 0.181. The van der Waals surface area contributed by atoms with Crippen molar-refractivity contribution >= 4 is 11.9 Å². The second-order valence-corrected chi connectivity index (χ2v) is 5.59. The predicted octanol–water partition coefficient (Wildman–Crippen LogP) is 2.42. The van der Waals surface area contributed by atoms with Crippen molar-refractivity contribution in [3.63, 3.8) is 0 Å². The maximum Gasteiger partial charge on any atom is 0.308 e. The molecule has 0 aromatic rings. The van der Waals surface area contributed by atoms with Gasteiger partial charge in [-0.3, -0.25) is 9.59 Å². The molecule has 3 unspecified atom stereocenters. The van der Waals surface area contributed by atoms with Crippen LogP contribution in [0.15, 0.2) is 0 Å². The highest BCUT2D eigenvalue weighted by Gasteiger charge is 2.50. The Hall–Kier alpha value is -1.06. The van der Waals surface area contributed by atoms with Gasteiger partial charge in [0.15, 0.2) is 0 Å². The van der Waals surface area contributed by atoms with E-state index in [2.05, 4.69) is 6.92 Å². The molecule has 2 heterocycles. The van der Waals surface area contributed by atoms with E-state index in [9.17, 15) is 9.59 Å². The van der Waals surface area contributed by atoms with Gasteiger partial charge >= 0.3 is 5.97 Å². The molecule has 2 bridgehead atoms. The van der Waals surface area contributed by atoms with E-state index in [0.717, 1.165) is 25.7 Å². The Kier molecular flexibility index (Phi) is 4.25. The van der Waals surface area contributed by atoms with Crippen LogP contribution in [0.2, 0.25) is 0 Å². The van der Waals surface area contributed by atoms with Crippen LogP contribution < -0.4 is 0 Å². The number of amides is 1. The largest absolute Gasteiger partial charge is 0.481 e. The van der Waals surface area contributed by atoms with Gasteiger partial charge < -0.3 is 10.0 Å². The smallest absolute Gasteiger partial charge is 0.308 e. The third-order valence-corrected chi connectivity index (χ3v) is 4.39. The number of aliphatic carboxylic acids is 1. The molecule has 0 radical (unpaired) electrons. The van der Waals surface area contributed by atoms with Crippen LogP contribution in [0.5, 0.6) is 0 Å². The van der Waals surface area contributed by atoms with E-state index in [1.807, 2.05) is 4.90 Å². The Morgan fingerprint density at radius 2 is 2.00 bits per heavy atom. The van der Waals surface area contributed by atoms with E-state index in [4.69, 9.17) is 5.11 Å². The van der Waals surface area contributed by atoms with Gasteiger partial charge in [0, 0.05) is 18.5 Å². The minimum Gasteiger partial charge on any atom is -0.481 e. The molecule has 2 aliphatic heterocycles. The van der Waals surface area contributed by atoms with Crippen LogP contribution in [0.3, 0.4) is 0 Å². The van der Waals surface area contributed by atoms with Crippen molar-refractivity contribution < 1.29 is 14.7 Å². The SMILES string of the molecule is CCCCCCC(=O)N1C2CCC1C(C(=O)O)C2. The number of hydrogen-bond acceptors (Lipinski definition) is 2. The Balaban J connectivity index is 1.86. The lowest BCUT2D eigenvalue weighted by Gasteiger charge is -2.23. The van der Waals surface area contributed by atoms with E-state index < -0.39 is 5.97 Å². The van der Waals surface area contributed by atoms with Gasteiger partial charge in [0.05, 0.1) is 5.92 Å². The van der Waals surface area contributed by atoms with Crippen LogP contribution in [0.4, 0.5) is 0 Å². The lowest BCUT2D eigenvalue weighted by Crippen LogP contribution is -2.37. The number of carbonyl (C=O) groups is 2. The average molecular weight is 253 g/mol. The third-order valence-electron chi connectivity index (χ3n) is 4.39.